The molecule has 2 aliphatic carbocycles. The molecule has 96 valence electrons. The Labute approximate surface area is 112 Å². The molecular weight excluding hydrogens is 236 g/mol. The highest BCUT2D eigenvalue weighted by atomic mass is 15.3. The number of allylic oxidation sites excluding steroid dienone is 1. The van der Waals surface area contributed by atoms with Gasteiger partial charge < -0.3 is 5.32 Å². The quantitative estimate of drug-likeness (QED) is 0.854. The minimum Gasteiger partial charge on any atom is -0.382 e. The highest BCUT2D eigenvalue weighted by Gasteiger charge is 2.40. The molecule has 1 aromatic heterocycles. The van der Waals surface area contributed by atoms with Crippen LogP contribution in [0.4, 0.5) is 5.69 Å². The predicted molar refractivity (Wildman–Crippen MR) is 74.1 cm³/mol. The Balaban J connectivity index is 1.46. The van der Waals surface area contributed by atoms with Crippen molar-refractivity contribution in [2.45, 2.75) is 18.9 Å². The fraction of sp³-hybridized carbons (Fsp3) is 0.333. The summed E-state index contributed by atoms with van der Waals surface area (Å²) < 4.78 is 1.77. The number of hydrogen-bond acceptors (Lipinski definition) is 3. The Morgan fingerprint density at radius 3 is 2.84 bits per heavy atom. The van der Waals surface area contributed by atoms with E-state index >= 15 is 0 Å². The van der Waals surface area contributed by atoms with Crippen molar-refractivity contribution < 1.29 is 0 Å². The lowest BCUT2D eigenvalue weighted by Gasteiger charge is -2.41. The van der Waals surface area contributed by atoms with Crippen molar-refractivity contribution in [3.63, 3.8) is 0 Å². The standard InChI is InChI=1S/C15H16N4/c1-2-11-8-15(14(11)3-1)18-12-4-6-13(7-5-12)19-10-16-9-17-19/h1,3-7,9-11,14-15,18H,2,8H2. The molecule has 0 spiro atoms. The number of rotatable bonds is 3. The molecule has 1 aromatic carbocycles. The van der Waals surface area contributed by atoms with E-state index in [4.69, 9.17) is 0 Å². The Morgan fingerprint density at radius 2 is 2.11 bits per heavy atom. The molecule has 3 atom stereocenters. The topological polar surface area (TPSA) is 42.7 Å². The van der Waals surface area contributed by atoms with Crippen LogP contribution in [0.15, 0.2) is 49.1 Å². The molecule has 1 N–H and O–H groups in total. The average molecular weight is 252 g/mol. The zero-order valence-electron chi connectivity index (χ0n) is 10.6. The van der Waals surface area contributed by atoms with E-state index in [0.717, 1.165) is 17.5 Å². The first kappa shape index (κ1) is 10.8. The zero-order chi connectivity index (χ0) is 12.7. The summed E-state index contributed by atoms with van der Waals surface area (Å²) in [7, 11) is 0. The summed E-state index contributed by atoms with van der Waals surface area (Å²) in [5, 5.41) is 7.75. The molecule has 2 aliphatic rings. The minimum atomic E-state index is 0.612. The smallest absolute Gasteiger partial charge is 0.138 e. The van der Waals surface area contributed by atoms with Crippen molar-refractivity contribution >= 4 is 5.69 Å². The van der Waals surface area contributed by atoms with Crippen LogP contribution in [0.2, 0.25) is 0 Å². The average Bonchev–Trinajstić information content (AvgIpc) is 3.06. The second-order valence-electron chi connectivity index (χ2n) is 5.37. The maximum atomic E-state index is 4.12. The van der Waals surface area contributed by atoms with E-state index in [9.17, 15) is 0 Å². The van der Waals surface area contributed by atoms with Crippen molar-refractivity contribution in [1.82, 2.24) is 14.8 Å². The van der Waals surface area contributed by atoms with Gasteiger partial charge in [0.15, 0.2) is 0 Å². The first-order valence-corrected chi connectivity index (χ1v) is 6.78. The Hall–Kier alpha value is -2.10. The molecule has 0 radical (unpaired) electrons. The first-order valence-electron chi connectivity index (χ1n) is 6.78. The van der Waals surface area contributed by atoms with Gasteiger partial charge in [0.2, 0.25) is 0 Å². The van der Waals surface area contributed by atoms with Crippen molar-refractivity contribution in [3.05, 3.63) is 49.1 Å². The van der Waals surface area contributed by atoms with Gasteiger partial charge >= 0.3 is 0 Å². The van der Waals surface area contributed by atoms with Gasteiger partial charge in [-0.2, -0.15) is 5.10 Å². The molecular formula is C15H16N4. The summed E-state index contributed by atoms with van der Waals surface area (Å²) in [6.07, 6.45) is 10.5. The highest BCUT2D eigenvalue weighted by molar-refractivity contribution is 5.50. The molecule has 4 heteroatoms. The van der Waals surface area contributed by atoms with Gasteiger partial charge in [-0.1, -0.05) is 12.2 Å². The van der Waals surface area contributed by atoms with E-state index in [2.05, 4.69) is 51.8 Å². The fourth-order valence-electron chi connectivity index (χ4n) is 3.15. The molecule has 4 rings (SSSR count). The van der Waals surface area contributed by atoms with Crippen LogP contribution in [0.1, 0.15) is 12.8 Å². The van der Waals surface area contributed by atoms with E-state index in [-0.39, 0.29) is 0 Å². The van der Waals surface area contributed by atoms with Crippen molar-refractivity contribution in [3.8, 4) is 5.69 Å². The van der Waals surface area contributed by atoms with Crippen LogP contribution in [-0.4, -0.2) is 20.8 Å². The molecule has 1 saturated carbocycles. The SMILES string of the molecule is C1=CC2C(C1)CC2Nc1ccc(-n2cncn2)cc1. The normalized spacial score (nSPS) is 27.9. The third-order valence-corrected chi connectivity index (χ3v) is 4.27. The Kier molecular flexibility index (Phi) is 2.40. The maximum absolute atomic E-state index is 4.12. The summed E-state index contributed by atoms with van der Waals surface area (Å²) in [5.74, 6) is 1.64. The third kappa shape index (κ3) is 1.84. The van der Waals surface area contributed by atoms with E-state index < -0.39 is 0 Å². The number of hydrogen-bond donors (Lipinski definition) is 1. The van der Waals surface area contributed by atoms with Crippen LogP contribution < -0.4 is 5.32 Å². The molecule has 19 heavy (non-hydrogen) atoms. The molecule has 4 nitrogen and oxygen atoms in total. The van der Waals surface area contributed by atoms with E-state index in [1.54, 1.807) is 17.3 Å². The lowest BCUT2D eigenvalue weighted by Crippen LogP contribution is -2.43. The van der Waals surface area contributed by atoms with Crippen LogP contribution >= 0.6 is 0 Å². The van der Waals surface area contributed by atoms with Crippen LogP contribution in [0.5, 0.6) is 0 Å². The molecule has 0 aliphatic heterocycles. The van der Waals surface area contributed by atoms with E-state index in [0.29, 0.717) is 6.04 Å². The number of fused-ring (bicyclic) bond motifs is 1. The maximum Gasteiger partial charge on any atom is 0.138 e. The lowest BCUT2D eigenvalue weighted by molar-refractivity contribution is 0.218. The largest absolute Gasteiger partial charge is 0.382 e. The fourth-order valence-corrected chi connectivity index (χ4v) is 3.15. The van der Waals surface area contributed by atoms with Gasteiger partial charge in [-0.05, 0) is 43.0 Å². The first-order chi connectivity index (χ1) is 9.40. The van der Waals surface area contributed by atoms with Crippen molar-refractivity contribution in [2.75, 3.05) is 5.32 Å². The monoisotopic (exact) mass is 252 g/mol. The Bertz CT molecular complexity index is 585. The molecule has 1 fully saturated rings. The second kappa shape index (κ2) is 4.23. The number of aromatic nitrogens is 3. The second-order valence-corrected chi connectivity index (χ2v) is 5.37. The number of anilines is 1. The lowest BCUT2D eigenvalue weighted by atomic mass is 9.71. The van der Waals surface area contributed by atoms with Crippen LogP contribution in [0.25, 0.3) is 5.69 Å². The third-order valence-electron chi connectivity index (χ3n) is 4.27. The van der Waals surface area contributed by atoms with E-state index in [1.165, 1.54) is 18.5 Å². The summed E-state index contributed by atoms with van der Waals surface area (Å²) in [4.78, 5) is 3.96. The molecule has 0 saturated heterocycles. The number of nitrogens with zero attached hydrogens (tertiary/aromatic N) is 3. The van der Waals surface area contributed by atoms with Gasteiger partial charge in [-0.3, -0.25) is 0 Å². The van der Waals surface area contributed by atoms with Crippen LogP contribution in [0, 0.1) is 11.8 Å². The van der Waals surface area contributed by atoms with Gasteiger partial charge in [0.25, 0.3) is 0 Å². The Morgan fingerprint density at radius 1 is 1.21 bits per heavy atom. The van der Waals surface area contributed by atoms with Gasteiger partial charge in [0, 0.05) is 17.6 Å². The summed E-state index contributed by atoms with van der Waals surface area (Å²) >= 11 is 0. The van der Waals surface area contributed by atoms with E-state index in [1.807, 2.05) is 0 Å². The van der Waals surface area contributed by atoms with Crippen LogP contribution in [-0.2, 0) is 0 Å². The predicted octanol–water partition coefficient (Wildman–Crippen LogP) is 2.64. The summed E-state index contributed by atoms with van der Waals surface area (Å²) in [6, 6.07) is 8.97. The van der Waals surface area contributed by atoms with Gasteiger partial charge in [-0.25, -0.2) is 9.67 Å². The minimum absolute atomic E-state index is 0.612. The number of benzene rings is 1. The molecule has 3 unspecified atom stereocenters. The van der Waals surface area contributed by atoms with Gasteiger partial charge in [0.1, 0.15) is 12.7 Å². The molecule has 0 amide bonds. The summed E-state index contributed by atoms with van der Waals surface area (Å²) in [6.45, 7) is 0. The zero-order valence-corrected chi connectivity index (χ0v) is 10.6. The number of nitrogens with one attached hydrogen (secondary N) is 1. The van der Waals surface area contributed by atoms with Crippen molar-refractivity contribution in [1.29, 1.82) is 0 Å². The van der Waals surface area contributed by atoms with Crippen molar-refractivity contribution in [2.24, 2.45) is 11.8 Å². The molecule has 1 heterocycles. The molecule has 2 aromatic rings. The van der Waals surface area contributed by atoms with Gasteiger partial charge in [-0.15, -0.1) is 0 Å². The molecule has 0 bridgehead atoms. The van der Waals surface area contributed by atoms with Gasteiger partial charge in [0.05, 0.1) is 5.69 Å². The highest BCUT2D eigenvalue weighted by Crippen LogP contribution is 2.44. The van der Waals surface area contributed by atoms with Crippen LogP contribution in [0.3, 0.4) is 0 Å². The summed E-state index contributed by atoms with van der Waals surface area (Å²) in [5.41, 5.74) is 2.22.